The number of piperazine rings is 1. The van der Waals surface area contributed by atoms with Crippen LogP contribution in [0.25, 0.3) is 0 Å². The summed E-state index contributed by atoms with van der Waals surface area (Å²) in [5.41, 5.74) is 2.03. The van der Waals surface area contributed by atoms with Crippen LogP contribution in [0.15, 0.2) is 42.6 Å². The van der Waals surface area contributed by atoms with Crippen molar-refractivity contribution in [1.82, 2.24) is 14.8 Å². The van der Waals surface area contributed by atoms with E-state index in [0.717, 1.165) is 11.3 Å². The number of aryl methyl sites for hydroxylation is 1. The smallest absolute Gasteiger partial charge is 0.272 e. The Labute approximate surface area is 153 Å². The molecule has 1 saturated heterocycles. The van der Waals surface area contributed by atoms with E-state index in [1.807, 2.05) is 26.0 Å². The number of hydrogen-bond acceptors (Lipinski definition) is 4. The number of carbonyl (C=O) groups is 2. The first-order valence-corrected chi connectivity index (χ1v) is 8.83. The van der Waals surface area contributed by atoms with Crippen LogP contribution in [0.4, 0.5) is 0 Å². The molecule has 0 bridgehead atoms. The van der Waals surface area contributed by atoms with E-state index >= 15 is 0 Å². The molecule has 26 heavy (non-hydrogen) atoms. The van der Waals surface area contributed by atoms with E-state index in [9.17, 15) is 9.59 Å². The maximum absolute atomic E-state index is 12.7. The lowest BCUT2D eigenvalue weighted by atomic mass is 10.1. The third-order valence-corrected chi connectivity index (χ3v) is 4.46. The van der Waals surface area contributed by atoms with Gasteiger partial charge in [-0.15, -0.1) is 0 Å². The van der Waals surface area contributed by atoms with Crippen molar-refractivity contribution >= 4 is 11.8 Å². The zero-order valence-corrected chi connectivity index (χ0v) is 15.1. The van der Waals surface area contributed by atoms with Gasteiger partial charge in [0.2, 0.25) is 0 Å². The first-order valence-electron chi connectivity index (χ1n) is 8.83. The SMILES string of the molecule is CCOc1ccc(C(=O)N2CCN(C(=O)c3ccccn3)CC2)cc1C. The predicted octanol–water partition coefficient (Wildman–Crippen LogP) is 2.39. The second-order valence-electron chi connectivity index (χ2n) is 6.21. The average molecular weight is 353 g/mol. The summed E-state index contributed by atoms with van der Waals surface area (Å²) in [4.78, 5) is 32.8. The van der Waals surface area contributed by atoms with Gasteiger partial charge < -0.3 is 14.5 Å². The van der Waals surface area contributed by atoms with Crippen LogP contribution < -0.4 is 4.74 Å². The summed E-state index contributed by atoms with van der Waals surface area (Å²) in [6, 6.07) is 10.8. The Morgan fingerprint density at radius 2 is 1.73 bits per heavy atom. The van der Waals surface area contributed by atoms with Crippen LogP contribution in [-0.4, -0.2) is 59.4 Å². The van der Waals surface area contributed by atoms with E-state index in [1.165, 1.54) is 0 Å². The minimum absolute atomic E-state index is 0.0129. The van der Waals surface area contributed by atoms with E-state index in [-0.39, 0.29) is 11.8 Å². The van der Waals surface area contributed by atoms with Crippen LogP contribution >= 0.6 is 0 Å². The molecular weight excluding hydrogens is 330 g/mol. The maximum Gasteiger partial charge on any atom is 0.272 e. The van der Waals surface area contributed by atoms with Gasteiger partial charge in [-0.1, -0.05) is 6.07 Å². The molecule has 136 valence electrons. The van der Waals surface area contributed by atoms with E-state index in [0.29, 0.717) is 44.0 Å². The summed E-state index contributed by atoms with van der Waals surface area (Å²) in [6.45, 7) is 6.53. The van der Waals surface area contributed by atoms with E-state index in [4.69, 9.17) is 4.74 Å². The standard InChI is InChI=1S/C20H23N3O3/c1-3-26-18-8-7-16(14-15(18)2)19(24)22-10-12-23(13-11-22)20(25)17-6-4-5-9-21-17/h4-9,14H,3,10-13H2,1-2H3. The fraction of sp³-hybridized carbons (Fsp3) is 0.350. The molecule has 2 amide bonds. The molecule has 3 rings (SSSR count). The molecule has 0 aliphatic carbocycles. The number of pyridine rings is 1. The number of nitrogens with zero attached hydrogens (tertiary/aromatic N) is 3. The van der Waals surface area contributed by atoms with E-state index < -0.39 is 0 Å². The van der Waals surface area contributed by atoms with Crippen molar-refractivity contribution < 1.29 is 14.3 Å². The number of hydrogen-bond donors (Lipinski definition) is 0. The molecule has 6 heteroatoms. The van der Waals surface area contributed by atoms with Crippen molar-refractivity contribution in [3.63, 3.8) is 0 Å². The third kappa shape index (κ3) is 3.85. The molecule has 0 atom stereocenters. The van der Waals surface area contributed by atoms with Crippen LogP contribution in [0.1, 0.15) is 33.3 Å². The highest BCUT2D eigenvalue weighted by atomic mass is 16.5. The van der Waals surface area contributed by atoms with Crippen molar-refractivity contribution in [3.8, 4) is 5.75 Å². The number of carbonyl (C=O) groups excluding carboxylic acids is 2. The lowest BCUT2D eigenvalue weighted by Gasteiger charge is -2.34. The van der Waals surface area contributed by atoms with Gasteiger partial charge in [0.25, 0.3) is 11.8 Å². The van der Waals surface area contributed by atoms with Crippen LogP contribution in [-0.2, 0) is 0 Å². The first kappa shape index (κ1) is 17.9. The Hall–Kier alpha value is -2.89. The summed E-state index contributed by atoms with van der Waals surface area (Å²) >= 11 is 0. The number of benzene rings is 1. The Morgan fingerprint density at radius 3 is 2.31 bits per heavy atom. The van der Waals surface area contributed by atoms with Gasteiger partial charge >= 0.3 is 0 Å². The molecule has 1 aliphatic rings. The summed E-state index contributed by atoms with van der Waals surface area (Å²) < 4.78 is 5.52. The summed E-state index contributed by atoms with van der Waals surface area (Å²) in [6.07, 6.45) is 1.61. The summed E-state index contributed by atoms with van der Waals surface area (Å²) in [7, 11) is 0. The average Bonchev–Trinajstić information content (AvgIpc) is 2.69. The summed E-state index contributed by atoms with van der Waals surface area (Å²) in [5.74, 6) is 0.700. The normalized spacial score (nSPS) is 14.2. The van der Waals surface area contributed by atoms with Crippen LogP contribution in [0.5, 0.6) is 5.75 Å². The van der Waals surface area contributed by atoms with Crippen LogP contribution in [0.3, 0.4) is 0 Å². The third-order valence-electron chi connectivity index (χ3n) is 4.46. The van der Waals surface area contributed by atoms with Gasteiger partial charge in [-0.2, -0.15) is 0 Å². The number of amides is 2. The molecule has 0 unspecified atom stereocenters. The van der Waals surface area contributed by atoms with E-state index in [2.05, 4.69) is 4.98 Å². The van der Waals surface area contributed by atoms with Gasteiger partial charge in [0.05, 0.1) is 6.61 Å². The Kier molecular flexibility index (Phi) is 5.51. The highest BCUT2D eigenvalue weighted by Crippen LogP contribution is 2.20. The molecule has 6 nitrogen and oxygen atoms in total. The molecule has 1 aliphatic heterocycles. The molecular formula is C20H23N3O3. The fourth-order valence-corrected chi connectivity index (χ4v) is 3.05. The molecule has 1 fully saturated rings. The van der Waals surface area contributed by atoms with Crippen LogP contribution in [0.2, 0.25) is 0 Å². The lowest BCUT2D eigenvalue weighted by molar-refractivity contribution is 0.0532. The quantitative estimate of drug-likeness (QED) is 0.847. The summed E-state index contributed by atoms with van der Waals surface area (Å²) in [5, 5.41) is 0. The second kappa shape index (κ2) is 7.99. The molecule has 0 N–H and O–H groups in total. The van der Waals surface area contributed by atoms with Gasteiger partial charge in [-0.3, -0.25) is 14.6 Å². The van der Waals surface area contributed by atoms with Crippen molar-refractivity contribution in [2.24, 2.45) is 0 Å². The molecule has 1 aromatic heterocycles. The van der Waals surface area contributed by atoms with Gasteiger partial charge in [0.1, 0.15) is 11.4 Å². The monoisotopic (exact) mass is 353 g/mol. The number of rotatable bonds is 4. The van der Waals surface area contributed by atoms with Crippen LogP contribution in [0, 0.1) is 6.92 Å². The number of ether oxygens (including phenoxy) is 1. The molecule has 1 aromatic carbocycles. The van der Waals surface area contributed by atoms with E-state index in [1.54, 1.807) is 40.3 Å². The van der Waals surface area contributed by atoms with Gasteiger partial charge in [-0.05, 0) is 49.7 Å². The second-order valence-corrected chi connectivity index (χ2v) is 6.21. The Balaban J connectivity index is 1.62. The zero-order valence-electron chi connectivity index (χ0n) is 15.1. The molecule has 2 heterocycles. The minimum atomic E-state index is -0.0883. The topological polar surface area (TPSA) is 62.7 Å². The highest BCUT2D eigenvalue weighted by Gasteiger charge is 2.26. The maximum atomic E-state index is 12.7. The predicted molar refractivity (Wildman–Crippen MR) is 98.4 cm³/mol. The zero-order chi connectivity index (χ0) is 18.5. The molecule has 2 aromatic rings. The van der Waals surface area contributed by atoms with Gasteiger partial charge in [-0.25, -0.2) is 0 Å². The molecule has 0 spiro atoms. The van der Waals surface area contributed by atoms with Crippen molar-refractivity contribution in [1.29, 1.82) is 0 Å². The first-order chi connectivity index (χ1) is 12.6. The molecule has 0 radical (unpaired) electrons. The molecule has 0 saturated carbocycles. The largest absolute Gasteiger partial charge is 0.494 e. The Morgan fingerprint density at radius 1 is 1.04 bits per heavy atom. The van der Waals surface area contributed by atoms with Crippen molar-refractivity contribution in [2.75, 3.05) is 32.8 Å². The fourth-order valence-electron chi connectivity index (χ4n) is 3.05. The Bertz CT molecular complexity index is 784. The lowest BCUT2D eigenvalue weighted by Crippen LogP contribution is -2.50. The van der Waals surface area contributed by atoms with Crippen molar-refractivity contribution in [2.45, 2.75) is 13.8 Å². The number of aromatic nitrogens is 1. The van der Waals surface area contributed by atoms with Gasteiger partial charge in [0, 0.05) is 37.9 Å². The van der Waals surface area contributed by atoms with Crippen molar-refractivity contribution in [3.05, 3.63) is 59.4 Å². The van der Waals surface area contributed by atoms with Gasteiger partial charge in [0.15, 0.2) is 0 Å². The minimum Gasteiger partial charge on any atom is -0.494 e. The highest BCUT2D eigenvalue weighted by molar-refractivity contribution is 5.95.